The quantitative estimate of drug-likeness (QED) is 0.833. The maximum atomic E-state index is 14.3. The lowest BCUT2D eigenvalue weighted by Gasteiger charge is -2.32. The highest BCUT2D eigenvalue weighted by molar-refractivity contribution is 6.01. The number of carbonyl (C=O) groups is 2. The number of hydrogen-bond acceptors (Lipinski definition) is 2. The Hall–Kier alpha value is -2.69. The highest BCUT2D eigenvalue weighted by Gasteiger charge is 2.40. The topological polar surface area (TPSA) is 40.6 Å². The van der Waals surface area contributed by atoms with Crippen molar-refractivity contribution in [1.29, 1.82) is 0 Å². The van der Waals surface area contributed by atoms with Gasteiger partial charge in [-0.2, -0.15) is 0 Å². The lowest BCUT2D eigenvalue weighted by atomic mass is 9.95. The molecule has 0 N–H and O–H groups in total. The molecule has 0 saturated carbocycles. The molecule has 0 spiro atoms. The first-order chi connectivity index (χ1) is 12.6. The summed E-state index contributed by atoms with van der Waals surface area (Å²) < 4.78 is 14.3. The summed E-state index contributed by atoms with van der Waals surface area (Å²) in [6.45, 7) is 0.966. The van der Waals surface area contributed by atoms with Crippen molar-refractivity contribution in [2.24, 2.45) is 5.92 Å². The Balaban J connectivity index is 1.70. The third kappa shape index (κ3) is 2.77. The summed E-state index contributed by atoms with van der Waals surface area (Å²) in [5.41, 5.74) is 1.49. The zero-order chi connectivity index (χ0) is 18.3. The fourth-order valence-corrected chi connectivity index (χ4v) is 4.08. The maximum absolute atomic E-state index is 14.3. The molecular weight excluding hydrogens is 331 g/mol. The number of carbonyl (C=O) groups excluding carboxylic acids is 2. The molecule has 2 aromatic carbocycles. The molecule has 3 aliphatic rings. The average molecular weight is 352 g/mol. The van der Waals surface area contributed by atoms with E-state index in [1.54, 1.807) is 46.2 Å². The van der Waals surface area contributed by atoms with E-state index < -0.39 is 0 Å². The molecule has 4 nitrogen and oxygen atoms in total. The van der Waals surface area contributed by atoms with Crippen molar-refractivity contribution in [3.63, 3.8) is 0 Å². The number of piperidine rings is 1. The minimum atomic E-state index is -0.349. The zero-order valence-corrected chi connectivity index (χ0v) is 14.7. The Morgan fingerprint density at radius 1 is 1.00 bits per heavy atom. The fourth-order valence-electron chi connectivity index (χ4n) is 4.08. The van der Waals surface area contributed by atoms with E-state index in [1.165, 1.54) is 6.07 Å². The summed E-state index contributed by atoms with van der Waals surface area (Å²) in [6, 6.07) is 13.7. The first kappa shape index (κ1) is 16.8. The normalized spacial score (nSPS) is 22.5. The summed E-state index contributed by atoms with van der Waals surface area (Å²) in [4.78, 5) is 29.2. The Morgan fingerprint density at radius 3 is 2.46 bits per heavy atom. The highest BCUT2D eigenvalue weighted by atomic mass is 19.1. The molecule has 3 saturated heterocycles. The SMILES string of the molecule is CN1C(=O)[C@H]2CC[C@@H]1CN(C(=O)c1ccccc1-c1ccccc1F)C2. The van der Waals surface area contributed by atoms with Crippen molar-refractivity contribution in [2.75, 3.05) is 20.1 Å². The maximum Gasteiger partial charge on any atom is 0.254 e. The van der Waals surface area contributed by atoms with Crippen LogP contribution in [0.2, 0.25) is 0 Å². The van der Waals surface area contributed by atoms with Crippen LogP contribution in [0.1, 0.15) is 23.2 Å². The molecule has 26 heavy (non-hydrogen) atoms. The van der Waals surface area contributed by atoms with E-state index in [-0.39, 0.29) is 29.6 Å². The molecular formula is C21H21FN2O2. The average Bonchev–Trinajstić information content (AvgIpc) is 2.95. The lowest BCUT2D eigenvalue weighted by Crippen LogP contribution is -2.45. The van der Waals surface area contributed by atoms with Gasteiger partial charge in [-0.1, -0.05) is 36.4 Å². The number of likely N-dealkylation sites (N-methyl/N-ethyl adjacent to an activating group) is 1. The van der Waals surface area contributed by atoms with Crippen molar-refractivity contribution in [3.05, 3.63) is 59.9 Å². The Bertz CT molecular complexity index is 867. The zero-order valence-electron chi connectivity index (χ0n) is 14.7. The van der Waals surface area contributed by atoms with Gasteiger partial charge in [0, 0.05) is 37.3 Å². The van der Waals surface area contributed by atoms with Gasteiger partial charge in [-0.3, -0.25) is 9.59 Å². The van der Waals surface area contributed by atoms with Gasteiger partial charge in [0.1, 0.15) is 5.82 Å². The third-order valence-electron chi connectivity index (χ3n) is 5.57. The van der Waals surface area contributed by atoms with Gasteiger partial charge in [0.25, 0.3) is 5.91 Å². The standard InChI is InChI=1S/C21H21FN2O2/c1-23-15-11-10-14(20(23)25)12-24(13-15)21(26)18-8-3-2-6-16(18)17-7-4-5-9-19(17)22/h2-9,14-15H,10-13H2,1H3/t14-,15+/m0/s1. The Labute approximate surface area is 152 Å². The van der Waals surface area contributed by atoms with E-state index in [0.29, 0.717) is 29.8 Å². The van der Waals surface area contributed by atoms with E-state index in [1.807, 2.05) is 13.1 Å². The van der Waals surface area contributed by atoms with Crippen molar-refractivity contribution in [2.45, 2.75) is 18.9 Å². The van der Waals surface area contributed by atoms with Gasteiger partial charge < -0.3 is 9.80 Å². The van der Waals surface area contributed by atoms with Crippen LogP contribution in [0, 0.1) is 11.7 Å². The van der Waals surface area contributed by atoms with Crippen LogP contribution in [-0.2, 0) is 4.79 Å². The van der Waals surface area contributed by atoms with Crippen LogP contribution in [0.5, 0.6) is 0 Å². The second-order valence-corrected chi connectivity index (χ2v) is 7.11. The molecule has 0 unspecified atom stereocenters. The van der Waals surface area contributed by atoms with Crippen molar-refractivity contribution in [1.82, 2.24) is 9.80 Å². The van der Waals surface area contributed by atoms with Crippen LogP contribution in [0.3, 0.4) is 0 Å². The van der Waals surface area contributed by atoms with Crippen LogP contribution in [0.4, 0.5) is 4.39 Å². The molecule has 5 heteroatoms. The lowest BCUT2D eigenvalue weighted by molar-refractivity contribution is -0.138. The summed E-state index contributed by atoms with van der Waals surface area (Å²) in [5, 5.41) is 0. The minimum absolute atomic E-state index is 0.0609. The number of halogens is 1. The van der Waals surface area contributed by atoms with Crippen LogP contribution in [0.25, 0.3) is 11.1 Å². The number of amides is 2. The first-order valence-electron chi connectivity index (χ1n) is 8.96. The largest absolute Gasteiger partial charge is 0.341 e. The number of rotatable bonds is 2. The van der Waals surface area contributed by atoms with Gasteiger partial charge in [-0.15, -0.1) is 0 Å². The molecule has 0 aromatic heterocycles. The number of nitrogens with zero attached hydrogens (tertiary/aromatic N) is 2. The van der Waals surface area contributed by atoms with Gasteiger partial charge in [-0.25, -0.2) is 4.39 Å². The number of hydrogen-bond donors (Lipinski definition) is 0. The fraction of sp³-hybridized carbons (Fsp3) is 0.333. The highest BCUT2D eigenvalue weighted by Crippen LogP contribution is 2.31. The van der Waals surface area contributed by atoms with Gasteiger partial charge in [0.05, 0.1) is 5.92 Å². The van der Waals surface area contributed by atoms with Gasteiger partial charge in [-0.05, 0) is 30.5 Å². The summed E-state index contributed by atoms with van der Waals surface area (Å²) in [6.07, 6.45) is 1.75. The number of fused-ring (bicyclic) bond motifs is 4. The van der Waals surface area contributed by atoms with E-state index in [2.05, 4.69) is 0 Å². The predicted molar refractivity (Wildman–Crippen MR) is 97.0 cm³/mol. The van der Waals surface area contributed by atoms with Crippen LogP contribution in [0.15, 0.2) is 48.5 Å². The van der Waals surface area contributed by atoms with Crippen molar-refractivity contribution < 1.29 is 14.0 Å². The molecule has 2 atom stereocenters. The molecule has 2 amide bonds. The van der Waals surface area contributed by atoms with E-state index in [4.69, 9.17) is 0 Å². The van der Waals surface area contributed by atoms with E-state index in [0.717, 1.165) is 12.8 Å². The summed E-state index contributed by atoms with van der Waals surface area (Å²) >= 11 is 0. The monoisotopic (exact) mass is 352 g/mol. The Morgan fingerprint density at radius 2 is 1.69 bits per heavy atom. The molecule has 3 aliphatic heterocycles. The van der Waals surface area contributed by atoms with E-state index >= 15 is 0 Å². The van der Waals surface area contributed by atoms with Gasteiger partial charge >= 0.3 is 0 Å². The molecule has 3 fully saturated rings. The first-order valence-corrected chi connectivity index (χ1v) is 8.96. The van der Waals surface area contributed by atoms with Crippen LogP contribution in [-0.4, -0.2) is 47.8 Å². The van der Waals surface area contributed by atoms with Gasteiger partial charge in [0.2, 0.25) is 5.91 Å². The third-order valence-corrected chi connectivity index (χ3v) is 5.57. The number of benzene rings is 2. The Kier molecular flexibility index (Phi) is 4.23. The molecule has 3 heterocycles. The van der Waals surface area contributed by atoms with Crippen molar-refractivity contribution >= 4 is 11.8 Å². The molecule has 2 bridgehead atoms. The second kappa shape index (κ2) is 6.56. The summed E-state index contributed by atoms with van der Waals surface area (Å²) in [5.74, 6) is -0.496. The molecule has 0 aliphatic carbocycles. The van der Waals surface area contributed by atoms with E-state index in [9.17, 15) is 14.0 Å². The van der Waals surface area contributed by atoms with Crippen LogP contribution >= 0.6 is 0 Å². The molecule has 5 rings (SSSR count). The van der Waals surface area contributed by atoms with Crippen molar-refractivity contribution in [3.8, 4) is 11.1 Å². The summed E-state index contributed by atoms with van der Waals surface area (Å²) in [7, 11) is 1.82. The van der Waals surface area contributed by atoms with Gasteiger partial charge in [0.15, 0.2) is 0 Å². The minimum Gasteiger partial charge on any atom is -0.341 e. The van der Waals surface area contributed by atoms with Crippen LogP contribution < -0.4 is 0 Å². The molecule has 0 radical (unpaired) electrons. The molecule has 134 valence electrons. The predicted octanol–water partition coefficient (Wildman–Crippen LogP) is 3.19. The molecule has 2 aromatic rings. The second-order valence-electron chi connectivity index (χ2n) is 7.11. The smallest absolute Gasteiger partial charge is 0.254 e.